The highest BCUT2D eigenvalue weighted by molar-refractivity contribution is 7.98. The van der Waals surface area contributed by atoms with E-state index in [1.807, 2.05) is 59.1 Å². The number of carbonyl (C=O) groups is 1. The standard InChI is InChI=1S/C22H31N3O3S/c1-13(2)28-19-10-8-17(12-20(19)27-6)14(3)23-21(26)11-9-18-15(4)24-22(29-7)25-16(18)5/h8,10,12-14H,9,11H2,1-7H3,(H,23,26). The number of hydrogen-bond donors (Lipinski definition) is 1. The number of aromatic nitrogens is 2. The van der Waals surface area contributed by atoms with Gasteiger partial charge >= 0.3 is 0 Å². The van der Waals surface area contributed by atoms with Crippen LogP contribution in [0, 0.1) is 13.8 Å². The molecule has 1 amide bonds. The number of benzene rings is 1. The SMILES string of the molecule is COc1cc(C(C)NC(=O)CCc2c(C)nc(SC)nc2C)ccc1OC(C)C. The van der Waals surface area contributed by atoms with Crippen molar-refractivity contribution in [1.29, 1.82) is 0 Å². The van der Waals surface area contributed by atoms with E-state index in [0.29, 0.717) is 24.3 Å². The molecule has 1 aromatic heterocycles. The molecule has 2 rings (SSSR count). The van der Waals surface area contributed by atoms with Crippen molar-refractivity contribution in [2.24, 2.45) is 0 Å². The molecule has 158 valence electrons. The Hall–Kier alpha value is -2.28. The maximum atomic E-state index is 12.5. The van der Waals surface area contributed by atoms with Crippen molar-refractivity contribution >= 4 is 17.7 Å². The van der Waals surface area contributed by atoms with Crippen LogP contribution < -0.4 is 14.8 Å². The van der Waals surface area contributed by atoms with Crippen molar-refractivity contribution < 1.29 is 14.3 Å². The first-order valence-corrected chi connectivity index (χ1v) is 11.0. The molecular formula is C22H31N3O3S. The van der Waals surface area contributed by atoms with Crippen LogP contribution in [0.1, 0.15) is 55.7 Å². The molecule has 29 heavy (non-hydrogen) atoms. The molecule has 1 heterocycles. The first kappa shape index (κ1) is 23.0. The number of hydrogen-bond acceptors (Lipinski definition) is 6. The minimum absolute atomic E-state index is 0.00767. The molecular weight excluding hydrogens is 386 g/mol. The molecule has 0 spiro atoms. The Morgan fingerprint density at radius 2 is 1.79 bits per heavy atom. The lowest BCUT2D eigenvalue weighted by Crippen LogP contribution is -2.27. The molecule has 0 radical (unpaired) electrons. The number of aryl methyl sites for hydroxylation is 2. The van der Waals surface area contributed by atoms with Gasteiger partial charge in [0.1, 0.15) is 0 Å². The Morgan fingerprint density at radius 1 is 1.14 bits per heavy atom. The number of nitrogens with one attached hydrogen (secondary N) is 1. The fourth-order valence-corrected chi connectivity index (χ4v) is 3.56. The molecule has 0 saturated heterocycles. The molecule has 0 aliphatic rings. The molecule has 0 aliphatic carbocycles. The first-order chi connectivity index (χ1) is 13.7. The number of nitrogens with zero attached hydrogens (tertiary/aromatic N) is 2. The smallest absolute Gasteiger partial charge is 0.220 e. The van der Waals surface area contributed by atoms with Crippen LogP contribution in [0.4, 0.5) is 0 Å². The van der Waals surface area contributed by atoms with Crippen molar-refractivity contribution in [1.82, 2.24) is 15.3 Å². The van der Waals surface area contributed by atoms with Crippen molar-refractivity contribution in [2.75, 3.05) is 13.4 Å². The quantitative estimate of drug-likeness (QED) is 0.481. The molecule has 1 aromatic carbocycles. The number of thioether (sulfide) groups is 1. The molecule has 0 aliphatic heterocycles. The molecule has 2 aromatic rings. The number of rotatable bonds is 9. The van der Waals surface area contributed by atoms with Crippen LogP contribution in [0.2, 0.25) is 0 Å². The first-order valence-electron chi connectivity index (χ1n) is 9.77. The van der Waals surface area contributed by atoms with Crippen LogP contribution >= 0.6 is 11.8 Å². The third-order valence-corrected chi connectivity index (χ3v) is 5.16. The Kier molecular flexibility index (Phi) is 8.32. The van der Waals surface area contributed by atoms with E-state index in [-0.39, 0.29) is 18.1 Å². The number of amides is 1. The normalized spacial score (nSPS) is 12.0. The predicted molar refractivity (Wildman–Crippen MR) is 117 cm³/mol. The highest BCUT2D eigenvalue weighted by atomic mass is 32.2. The van der Waals surface area contributed by atoms with E-state index in [1.54, 1.807) is 7.11 Å². The molecule has 6 nitrogen and oxygen atoms in total. The Morgan fingerprint density at radius 3 is 2.34 bits per heavy atom. The van der Waals surface area contributed by atoms with Gasteiger partial charge in [-0.25, -0.2) is 9.97 Å². The summed E-state index contributed by atoms with van der Waals surface area (Å²) < 4.78 is 11.2. The van der Waals surface area contributed by atoms with E-state index in [9.17, 15) is 4.79 Å². The molecule has 7 heteroatoms. The molecule has 1 atom stereocenters. The summed E-state index contributed by atoms with van der Waals surface area (Å²) in [5, 5.41) is 3.82. The highest BCUT2D eigenvalue weighted by Gasteiger charge is 2.15. The molecule has 1 unspecified atom stereocenters. The molecule has 1 N–H and O–H groups in total. The Bertz CT molecular complexity index is 832. The van der Waals surface area contributed by atoms with E-state index in [1.165, 1.54) is 11.8 Å². The zero-order chi connectivity index (χ0) is 21.6. The lowest BCUT2D eigenvalue weighted by atomic mass is 10.0. The van der Waals surface area contributed by atoms with Crippen LogP contribution in [0.25, 0.3) is 0 Å². The zero-order valence-electron chi connectivity index (χ0n) is 18.3. The lowest BCUT2D eigenvalue weighted by molar-refractivity contribution is -0.121. The fourth-order valence-electron chi connectivity index (χ4n) is 3.10. The summed E-state index contributed by atoms with van der Waals surface area (Å²) in [6.45, 7) is 9.84. The van der Waals surface area contributed by atoms with Gasteiger partial charge in [0, 0.05) is 17.8 Å². The van der Waals surface area contributed by atoms with Gasteiger partial charge in [-0.2, -0.15) is 0 Å². The van der Waals surface area contributed by atoms with Crippen molar-refractivity contribution in [3.8, 4) is 11.5 Å². The summed E-state index contributed by atoms with van der Waals surface area (Å²) >= 11 is 1.52. The highest BCUT2D eigenvalue weighted by Crippen LogP contribution is 2.31. The van der Waals surface area contributed by atoms with E-state index in [4.69, 9.17) is 9.47 Å². The van der Waals surface area contributed by atoms with E-state index in [0.717, 1.165) is 27.7 Å². The second-order valence-electron chi connectivity index (χ2n) is 7.23. The number of carbonyl (C=O) groups excluding carboxylic acids is 1. The van der Waals surface area contributed by atoms with Gasteiger partial charge in [-0.1, -0.05) is 17.8 Å². The largest absolute Gasteiger partial charge is 0.493 e. The average Bonchev–Trinajstić information content (AvgIpc) is 2.66. The minimum Gasteiger partial charge on any atom is -0.493 e. The summed E-state index contributed by atoms with van der Waals surface area (Å²) in [5.74, 6) is 1.35. The van der Waals surface area contributed by atoms with E-state index < -0.39 is 0 Å². The molecule has 0 fully saturated rings. The van der Waals surface area contributed by atoms with Crippen LogP contribution in [0.15, 0.2) is 23.4 Å². The van der Waals surface area contributed by atoms with E-state index >= 15 is 0 Å². The van der Waals surface area contributed by atoms with Gasteiger partial charge < -0.3 is 14.8 Å². The maximum Gasteiger partial charge on any atom is 0.220 e. The summed E-state index contributed by atoms with van der Waals surface area (Å²) in [7, 11) is 1.62. The lowest BCUT2D eigenvalue weighted by Gasteiger charge is -2.18. The molecule has 0 saturated carbocycles. The average molecular weight is 418 g/mol. The topological polar surface area (TPSA) is 73.3 Å². The van der Waals surface area contributed by atoms with Crippen molar-refractivity contribution in [3.05, 3.63) is 40.7 Å². The zero-order valence-corrected chi connectivity index (χ0v) is 19.1. The van der Waals surface area contributed by atoms with Gasteiger partial charge in [0.05, 0.1) is 19.3 Å². The van der Waals surface area contributed by atoms with Crippen LogP contribution in [-0.4, -0.2) is 35.3 Å². The third-order valence-electron chi connectivity index (χ3n) is 4.61. The van der Waals surface area contributed by atoms with Gasteiger partial charge in [-0.05, 0) is 70.6 Å². The second kappa shape index (κ2) is 10.5. The van der Waals surface area contributed by atoms with Crippen molar-refractivity contribution in [3.63, 3.8) is 0 Å². The van der Waals surface area contributed by atoms with Crippen LogP contribution in [0.5, 0.6) is 11.5 Å². The Labute approximate surface area is 177 Å². The Balaban J connectivity index is 2.00. The van der Waals surface area contributed by atoms with Crippen LogP contribution in [-0.2, 0) is 11.2 Å². The monoisotopic (exact) mass is 417 g/mol. The summed E-state index contributed by atoms with van der Waals surface area (Å²) in [6, 6.07) is 5.61. The third kappa shape index (κ3) is 6.35. The summed E-state index contributed by atoms with van der Waals surface area (Å²) in [4.78, 5) is 21.5. The van der Waals surface area contributed by atoms with Gasteiger partial charge in [0.25, 0.3) is 0 Å². The summed E-state index contributed by atoms with van der Waals surface area (Å²) in [5.41, 5.74) is 3.88. The predicted octanol–water partition coefficient (Wildman–Crippen LogP) is 4.42. The van der Waals surface area contributed by atoms with Crippen LogP contribution in [0.3, 0.4) is 0 Å². The van der Waals surface area contributed by atoms with Gasteiger partial charge in [-0.3, -0.25) is 4.79 Å². The van der Waals surface area contributed by atoms with Gasteiger partial charge in [0.15, 0.2) is 16.7 Å². The summed E-state index contributed by atoms with van der Waals surface area (Å²) in [6.07, 6.45) is 3.03. The maximum absolute atomic E-state index is 12.5. The second-order valence-corrected chi connectivity index (χ2v) is 8.00. The van der Waals surface area contributed by atoms with Crippen molar-refractivity contribution in [2.45, 2.75) is 64.8 Å². The minimum atomic E-state index is -0.137. The number of ether oxygens (including phenoxy) is 2. The van der Waals surface area contributed by atoms with E-state index in [2.05, 4.69) is 15.3 Å². The van der Waals surface area contributed by atoms with Gasteiger partial charge in [0.2, 0.25) is 5.91 Å². The van der Waals surface area contributed by atoms with Gasteiger partial charge in [-0.15, -0.1) is 0 Å². The molecule has 0 bridgehead atoms. The number of methoxy groups -OCH3 is 1. The fraction of sp³-hybridized carbons (Fsp3) is 0.500.